The first-order valence-electron chi connectivity index (χ1n) is 9.75. The largest absolute Gasteiger partial charge is 0.444 e. The zero-order valence-electron chi connectivity index (χ0n) is 16.2. The molecular weight excluding hydrogens is 384 g/mol. The zero-order chi connectivity index (χ0) is 20.3. The van der Waals surface area contributed by atoms with Crippen molar-refractivity contribution in [1.82, 2.24) is 10.3 Å². The second-order valence-corrected chi connectivity index (χ2v) is 7.96. The van der Waals surface area contributed by atoms with Crippen LogP contribution in [0.2, 0.25) is 0 Å². The number of rotatable bonds is 10. The van der Waals surface area contributed by atoms with Gasteiger partial charge in [-0.05, 0) is 36.8 Å². The van der Waals surface area contributed by atoms with Crippen LogP contribution < -0.4 is 5.32 Å². The fourth-order valence-electron chi connectivity index (χ4n) is 3.17. The van der Waals surface area contributed by atoms with E-state index in [-0.39, 0.29) is 12.6 Å². The van der Waals surface area contributed by atoms with E-state index in [9.17, 15) is 9.90 Å². The van der Waals surface area contributed by atoms with Gasteiger partial charge >= 0.3 is 6.09 Å². The van der Waals surface area contributed by atoms with Crippen molar-refractivity contribution in [1.29, 1.82) is 0 Å². The third-order valence-electron chi connectivity index (χ3n) is 4.64. The van der Waals surface area contributed by atoms with Crippen LogP contribution in [0.4, 0.5) is 4.79 Å². The molecule has 0 fully saturated rings. The molecule has 0 aliphatic carbocycles. The van der Waals surface area contributed by atoms with E-state index in [0.29, 0.717) is 19.3 Å². The van der Waals surface area contributed by atoms with E-state index in [1.54, 1.807) is 11.7 Å². The van der Waals surface area contributed by atoms with E-state index in [2.05, 4.69) is 22.4 Å². The Morgan fingerprint density at radius 1 is 1.07 bits per heavy atom. The fraction of sp³-hybridized carbons (Fsp3) is 0.304. The van der Waals surface area contributed by atoms with Crippen molar-refractivity contribution in [3.05, 3.63) is 88.4 Å². The third-order valence-corrected chi connectivity index (χ3v) is 5.39. The first kappa shape index (κ1) is 21.0. The van der Waals surface area contributed by atoms with Gasteiger partial charge < -0.3 is 15.2 Å². The van der Waals surface area contributed by atoms with Crippen molar-refractivity contribution in [3.8, 4) is 0 Å². The van der Waals surface area contributed by atoms with E-state index in [1.165, 1.54) is 16.9 Å². The van der Waals surface area contributed by atoms with Gasteiger partial charge in [0.25, 0.3) is 0 Å². The number of nitrogens with one attached hydrogen (secondary N) is 1. The molecule has 0 aliphatic heterocycles. The van der Waals surface area contributed by atoms with Crippen molar-refractivity contribution in [3.63, 3.8) is 0 Å². The molecule has 0 saturated heterocycles. The molecule has 5 nitrogen and oxygen atoms in total. The number of benzene rings is 2. The smallest absolute Gasteiger partial charge is 0.407 e. The Morgan fingerprint density at radius 3 is 2.41 bits per heavy atom. The summed E-state index contributed by atoms with van der Waals surface area (Å²) in [5, 5.41) is 13.5. The standard InChI is InChI=1S/C23H26N2O3S/c26-21(12-11-18-7-3-1-4-8-18)14-20(13-19-9-5-2-6-10-19)25-23(27)28-16-22-15-24-17-29-22/h1-10,15,17,20-21,26H,11-14,16H2,(H,25,27). The number of hydrogen-bond donors (Lipinski definition) is 2. The van der Waals surface area contributed by atoms with Crippen LogP contribution in [0.5, 0.6) is 0 Å². The van der Waals surface area contributed by atoms with Crippen molar-refractivity contribution >= 4 is 17.4 Å². The molecule has 0 saturated carbocycles. The van der Waals surface area contributed by atoms with Crippen LogP contribution >= 0.6 is 11.3 Å². The van der Waals surface area contributed by atoms with Crippen LogP contribution in [0.25, 0.3) is 0 Å². The van der Waals surface area contributed by atoms with Crippen molar-refractivity contribution in [2.24, 2.45) is 0 Å². The Bertz CT molecular complexity index is 841. The monoisotopic (exact) mass is 410 g/mol. The summed E-state index contributed by atoms with van der Waals surface area (Å²) in [5.41, 5.74) is 4.01. The van der Waals surface area contributed by atoms with E-state index in [1.807, 2.05) is 48.5 Å². The van der Waals surface area contributed by atoms with Gasteiger partial charge in [0.2, 0.25) is 0 Å². The van der Waals surface area contributed by atoms with Crippen molar-refractivity contribution in [2.75, 3.05) is 0 Å². The Hall–Kier alpha value is -2.70. The normalized spacial score (nSPS) is 12.9. The summed E-state index contributed by atoms with van der Waals surface area (Å²) < 4.78 is 5.30. The molecule has 0 radical (unpaired) electrons. The number of aliphatic hydroxyl groups excluding tert-OH is 1. The summed E-state index contributed by atoms with van der Waals surface area (Å²) in [7, 11) is 0. The van der Waals surface area contributed by atoms with Gasteiger partial charge in [0.15, 0.2) is 0 Å². The molecule has 2 aromatic carbocycles. The highest BCUT2D eigenvalue weighted by Gasteiger charge is 2.18. The quantitative estimate of drug-likeness (QED) is 0.521. The van der Waals surface area contributed by atoms with Crippen LogP contribution in [-0.4, -0.2) is 28.3 Å². The second kappa shape index (κ2) is 11.3. The predicted molar refractivity (Wildman–Crippen MR) is 115 cm³/mol. The topological polar surface area (TPSA) is 71.5 Å². The van der Waals surface area contributed by atoms with E-state index in [4.69, 9.17) is 4.74 Å². The summed E-state index contributed by atoms with van der Waals surface area (Å²) in [4.78, 5) is 17.1. The summed E-state index contributed by atoms with van der Waals surface area (Å²) in [6.45, 7) is 0.200. The lowest BCUT2D eigenvalue weighted by Gasteiger charge is -2.22. The SMILES string of the molecule is O=C(NC(Cc1ccccc1)CC(O)CCc1ccccc1)OCc1cncs1. The summed E-state index contributed by atoms with van der Waals surface area (Å²) >= 11 is 1.45. The molecule has 3 rings (SSSR count). The number of aromatic nitrogens is 1. The minimum Gasteiger partial charge on any atom is -0.444 e. The molecule has 152 valence electrons. The molecule has 1 heterocycles. The van der Waals surface area contributed by atoms with Crippen molar-refractivity contribution < 1.29 is 14.6 Å². The Morgan fingerprint density at radius 2 is 1.76 bits per heavy atom. The fourth-order valence-corrected chi connectivity index (χ4v) is 3.68. The number of carbonyl (C=O) groups is 1. The lowest BCUT2D eigenvalue weighted by molar-refractivity contribution is 0.119. The average molecular weight is 411 g/mol. The van der Waals surface area contributed by atoms with Gasteiger partial charge in [0, 0.05) is 12.2 Å². The number of amides is 1. The number of hydrogen-bond acceptors (Lipinski definition) is 5. The number of nitrogens with zero attached hydrogens (tertiary/aromatic N) is 1. The lowest BCUT2D eigenvalue weighted by Crippen LogP contribution is -2.39. The van der Waals surface area contributed by atoms with E-state index < -0.39 is 12.2 Å². The lowest BCUT2D eigenvalue weighted by atomic mass is 9.97. The minimum absolute atomic E-state index is 0.200. The van der Waals surface area contributed by atoms with Gasteiger partial charge in [-0.2, -0.15) is 0 Å². The van der Waals surface area contributed by atoms with E-state index >= 15 is 0 Å². The van der Waals surface area contributed by atoms with Crippen LogP contribution in [0.3, 0.4) is 0 Å². The molecule has 1 aromatic heterocycles. The molecule has 2 atom stereocenters. The van der Waals surface area contributed by atoms with Crippen LogP contribution in [0.1, 0.15) is 28.8 Å². The highest BCUT2D eigenvalue weighted by Crippen LogP contribution is 2.13. The number of ether oxygens (including phenoxy) is 1. The summed E-state index contributed by atoms with van der Waals surface area (Å²) in [6, 6.07) is 19.8. The summed E-state index contributed by atoms with van der Waals surface area (Å²) in [5.74, 6) is 0. The number of carbonyl (C=O) groups excluding carboxylic acids is 1. The molecule has 2 unspecified atom stereocenters. The third kappa shape index (κ3) is 7.68. The van der Waals surface area contributed by atoms with Crippen LogP contribution in [0, 0.1) is 0 Å². The molecule has 0 bridgehead atoms. The molecule has 0 spiro atoms. The first-order chi connectivity index (χ1) is 14.2. The minimum atomic E-state index is -0.509. The zero-order valence-corrected chi connectivity index (χ0v) is 17.1. The van der Waals surface area contributed by atoms with Crippen LogP contribution in [0.15, 0.2) is 72.4 Å². The highest BCUT2D eigenvalue weighted by molar-refractivity contribution is 7.09. The van der Waals surface area contributed by atoms with Crippen molar-refractivity contribution in [2.45, 2.75) is 44.4 Å². The number of aryl methyl sites for hydroxylation is 1. The number of alkyl carbamates (subject to hydrolysis) is 1. The number of thiazole rings is 1. The van der Waals surface area contributed by atoms with Gasteiger partial charge in [-0.3, -0.25) is 4.98 Å². The maximum absolute atomic E-state index is 12.3. The molecule has 6 heteroatoms. The first-order valence-corrected chi connectivity index (χ1v) is 10.6. The van der Waals surface area contributed by atoms with Gasteiger partial charge in [-0.25, -0.2) is 4.79 Å². The Balaban J connectivity index is 1.53. The van der Waals surface area contributed by atoms with Gasteiger partial charge in [0.05, 0.1) is 16.5 Å². The molecule has 3 aromatic rings. The van der Waals surface area contributed by atoms with Gasteiger partial charge in [-0.1, -0.05) is 60.7 Å². The number of aliphatic hydroxyl groups is 1. The maximum atomic E-state index is 12.3. The van der Waals surface area contributed by atoms with E-state index in [0.717, 1.165) is 16.9 Å². The molecule has 0 aliphatic rings. The van der Waals surface area contributed by atoms with Gasteiger partial charge in [-0.15, -0.1) is 11.3 Å². The Labute approximate surface area is 175 Å². The molecular formula is C23H26N2O3S. The summed E-state index contributed by atoms with van der Waals surface area (Å²) in [6.07, 6.45) is 3.26. The molecule has 1 amide bonds. The van der Waals surface area contributed by atoms with Crippen LogP contribution in [-0.2, 0) is 24.2 Å². The Kier molecular flexibility index (Phi) is 8.22. The van der Waals surface area contributed by atoms with Gasteiger partial charge in [0.1, 0.15) is 6.61 Å². The average Bonchev–Trinajstić information content (AvgIpc) is 3.26. The predicted octanol–water partition coefficient (Wildman–Crippen LogP) is 4.36. The molecule has 2 N–H and O–H groups in total. The second-order valence-electron chi connectivity index (χ2n) is 6.99. The molecule has 29 heavy (non-hydrogen) atoms. The highest BCUT2D eigenvalue weighted by atomic mass is 32.1. The maximum Gasteiger partial charge on any atom is 0.407 e.